The first-order valence-corrected chi connectivity index (χ1v) is 28.1. The smallest absolute Gasteiger partial charge is 0.340 e. The van der Waals surface area contributed by atoms with Gasteiger partial charge in [-0.1, -0.05) is 66.7 Å². The van der Waals surface area contributed by atoms with Crippen molar-refractivity contribution in [1.82, 2.24) is 36.0 Å². The van der Waals surface area contributed by atoms with Crippen LogP contribution < -0.4 is 31.3 Å². The van der Waals surface area contributed by atoms with Gasteiger partial charge in [0.05, 0.1) is 11.6 Å². The topological polar surface area (TPSA) is 214 Å². The number of benzene rings is 5. The second-order valence-corrected chi connectivity index (χ2v) is 21.4. The number of nitrogens with zero attached hydrogens (tertiary/aromatic N) is 3. The predicted molar refractivity (Wildman–Crippen MR) is 305 cm³/mol. The van der Waals surface area contributed by atoms with E-state index in [1.54, 1.807) is 44.3 Å². The Labute approximate surface area is 467 Å². The zero-order valence-corrected chi connectivity index (χ0v) is 45.8. The lowest BCUT2D eigenvalue weighted by atomic mass is 9.77. The summed E-state index contributed by atoms with van der Waals surface area (Å²) < 4.78 is 12.3. The highest BCUT2D eigenvalue weighted by atomic mass is 32.1. The van der Waals surface area contributed by atoms with Gasteiger partial charge in [-0.3, -0.25) is 19.2 Å². The molecule has 2 saturated heterocycles. The van der Waals surface area contributed by atoms with Crippen LogP contribution in [-0.2, 0) is 42.4 Å². The Morgan fingerprint density at radius 3 is 2.01 bits per heavy atom. The van der Waals surface area contributed by atoms with Gasteiger partial charge in [-0.15, -0.1) is 0 Å². The minimum atomic E-state index is -1.41. The third kappa shape index (κ3) is 13.5. The lowest BCUT2D eigenvalue weighted by molar-refractivity contribution is -0.139. The van der Waals surface area contributed by atoms with Crippen LogP contribution in [-0.4, -0.2) is 137 Å². The maximum absolute atomic E-state index is 14.7. The number of nitrogens with one attached hydrogen (secondary N) is 5. The molecule has 79 heavy (non-hydrogen) atoms. The molecule has 2 fully saturated rings. The number of ether oxygens (including phenoxy) is 2. The van der Waals surface area contributed by atoms with Crippen molar-refractivity contribution in [3.8, 4) is 23.0 Å². The van der Waals surface area contributed by atoms with Gasteiger partial charge in [-0.05, 0) is 138 Å². The monoisotopic (exact) mass is 1090 g/mol. The molecule has 17 nitrogen and oxygen atoms in total. The first kappa shape index (κ1) is 56.2. The molecule has 0 radical (unpaired) electrons. The minimum Gasteiger partial charge on any atom is -0.508 e. The fourth-order valence-corrected chi connectivity index (χ4v) is 11.5. The molecule has 0 saturated carbocycles. The Morgan fingerprint density at radius 2 is 1.41 bits per heavy atom. The molecule has 4 aliphatic rings. The molecular weight excluding hydrogens is 1020 g/mol. The number of anilines is 1. The zero-order valence-electron chi connectivity index (χ0n) is 45.0. The number of aromatic hydroxyl groups is 2. The third-order valence-electron chi connectivity index (χ3n) is 15.6. The quantitative estimate of drug-likeness (QED) is 0.0202. The fourth-order valence-electron chi connectivity index (χ4n) is 11.3. The highest BCUT2D eigenvalue weighted by Gasteiger charge is 2.54. The van der Waals surface area contributed by atoms with Crippen LogP contribution in [0.4, 0.5) is 5.69 Å². The number of esters is 1. The van der Waals surface area contributed by atoms with E-state index in [1.807, 2.05) is 63.2 Å². The Balaban J connectivity index is 0.823. The van der Waals surface area contributed by atoms with E-state index < -0.39 is 23.7 Å². The molecule has 0 aliphatic carbocycles. The van der Waals surface area contributed by atoms with E-state index in [0.717, 1.165) is 37.8 Å². The van der Waals surface area contributed by atoms with Crippen molar-refractivity contribution in [1.29, 1.82) is 0 Å². The van der Waals surface area contributed by atoms with Crippen LogP contribution in [0.15, 0.2) is 115 Å². The Kier molecular flexibility index (Phi) is 18.5. The normalized spacial score (nSPS) is 17.3. The summed E-state index contributed by atoms with van der Waals surface area (Å²) in [6.45, 7) is 5.59. The highest BCUT2D eigenvalue weighted by molar-refractivity contribution is 7.80. The second kappa shape index (κ2) is 25.9. The van der Waals surface area contributed by atoms with Crippen molar-refractivity contribution in [2.75, 3.05) is 58.2 Å². The lowest BCUT2D eigenvalue weighted by Gasteiger charge is -2.36. The van der Waals surface area contributed by atoms with E-state index in [-0.39, 0.29) is 76.7 Å². The molecule has 4 heterocycles. The molecule has 416 valence electrons. The average Bonchev–Trinajstić information content (AvgIpc) is 4.12. The summed E-state index contributed by atoms with van der Waals surface area (Å²) in [7, 11) is 1.69. The molecule has 0 aromatic heterocycles. The zero-order chi connectivity index (χ0) is 55.5. The summed E-state index contributed by atoms with van der Waals surface area (Å²) in [6, 6.07) is 33.2. The molecule has 4 atom stereocenters. The number of phenols is 2. The van der Waals surface area contributed by atoms with Crippen LogP contribution in [0.25, 0.3) is 0 Å². The van der Waals surface area contributed by atoms with Crippen molar-refractivity contribution >= 4 is 52.6 Å². The molecule has 7 N–H and O–H groups in total. The van der Waals surface area contributed by atoms with Gasteiger partial charge in [0.15, 0.2) is 10.7 Å². The SMILES string of the molecule is CN[C@@H](C)C(=O)N[C@@H](CCCNC(=S)Nc1ccc2c(c1)C(=O)OC21c2ccc(O)cc2Oc2cc(O)ccc21)C(=O)N1CCC[C@H]1CN(CCc1ccccc1)C(=O)CCCC(=O)N(CCc1ccccc1)C[C@@H]1CCCN1. The molecule has 4 amide bonds. The van der Waals surface area contributed by atoms with E-state index in [1.165, 1.54) is 29.8 Å². The Bertz CT molecular complexity index is 2940. The number of fused-ring (bicyclic) bond motifs is 6. The van der Waals surface area contributed by atoms with Gasteiger partial charge in [-0.25, -0.2) is 4.79 Å². The van der Waals surface area contributed by atoms with Crippen LogP contribution in [0.1, 0.15) is 103 Å². The number of rotatable bonds is 23. The van der Waals surface area contributed by atoms with Crippen molar-refractivity contribution in [2.45, 2.75) is 107 Å². The highest BCUT2D eigenvalue weighted by Crippen LogP contribution is 2.57. The molecule has 4 aliphatic heterocycles. The van der Waals surface area contributed by atoms with E-state index in [9.17, 15) is 34.2 Å². The number of carbonyl (C=O) groups is 5. The standard InChI is InChI=1S/C61H72N8O9S/c1-40(62-2)57(74)66-52(19-11-31-64-60(79)65-43-22-25-49-48(35-43)59(76)78-61(49)50-26-23-46(70)36-53(50)77-54-37-47(71)24-27-51(54)61)58(75)69-32-12-18-45(69)39-68(34-29-42-15-7-4-8-16-42)56(73)21-9-20-55(72)67(38-44-17-10-30-63-44)33-28-41-13-5-3-6-14-41/h3-8,13-16,22-27,35-37,40,44-45,52,62-63,70-71H,9-12,17-21,28-34,38-39H2,1-2H3,(H,66,74)(H2,64,65,79)/t40-,44-,45-,52-/m0/s1. The number of carbonyl (C=O) groups excluding carboxylic acids is 5. The maximum atomic E-state index is 14.7. The van der Waals surface area contributed by atoms with E-state index >= 15 is 0 Å². The van der Waals surface area contributed by atoms with Gasteiger partial charge in [-0.2, -0.15) is 0 Å². The Morgan fingerprint density at radius 1 is 0.785 bits per heavy atom. The average molecular weight is 1090 g/mol. The molecular formula is C61H72N8O9S. The molecule has 5 aromatic carbocycles. The van der Waals surface area contributed by atoms with E-state index in [0.29, 0.717) is 99.3 Å². The van der Waals surface area contributed by atoms with Crippen molar-refractivity contribution in [3.63, 3.8) is 0 Å². The maximum Gasteiger partial charge on any atom is 0.340 e. The van der Waals surface area contributed by atoms with Gasteiger partial charge < -0.3 is 61.0 Å². The van der Waals surface area contributed by atoms with Crippen LogP contribution in [0.5, 0.6) is 23.0 Å². The first-order valence-electron chi connectivity index (χ1n) is 27.7. The third-order valence-corrected chi connectivity index (χ3v) is 15.9. The lowest BCUT2D eigenvalue weighted by Crippen LogP contribution is -2.55. The molecule has 5 aromatic rings. The summed E-state index contributed by atoms with van der Waals surface area (Å²) in [5, 5.41) is 36.7. The number of hydrogen-bond acceptors (Lipinski definition) is 12. The number of hydrogen-bond donors (Lipinski definition) is 7. The summed E-state index contributed by atoms with van der Waals surface area (Å²) in [5.74, 6) is -0.618. The largest absolute Gasteiger partial charge is 0.508 e. The summed E-state index contributed by atoms with van der Waals surface area (Å²) in [4.78, 5) is 75.6. The van der Waals surface area contributed by atoms with Crippen LogP contribution in [0.2, 0.25) is 0 Å². The van der Waals surface area contributed by atoms with Crippen molar-refractivity contribution in [3.05, 3.63) is 149 Å². The first-order chi connectivity index (χ1) is 38.3. The van der Waals surface area contributed by atoms with Crippen LogP contribution >= 0.6 is 12.2 Å². The number of phenolic OH excluding ortho intramolecular Hbond substituents is 2. The summed E-state index contributed by atoms with van der Waals surface area (Å²) in [5.41, 5.74) is 3.26. The van der Waals surface area contributed by atoms with Gasteiger partial charge in [0.1, 0.15) is 29.0 Å². The molecule has 1 spiro atoms. The van der Waals surface area contributed by atoms with Crippen LogP contribution in [0.3, 0.4) is 0 Å². The van der Waals surface area contributed by atoms with Crippen molar-refractivity contribution in [2.24, 2.45) is 0 Å². The van der Waals surface area contributed by atoms with Gasteiger partial charge >= 0.3 is 5.97 Å². The molecule has 0 bridgehead atoms. The van der Waals surface area contributed by atoms with Gasteiger partial charge in [0.2, 0.25) is 23.6 Å². The minimum absolute atomic E-state index is 0.0388. The molecule has 18 heteroatoms. The summed E-state index contributed by atoms with van der Waals surface area (Å²) in [6.07, 6.45) is 6.63. The second-order valence-electron chi connectivity index (χ2n) is 21.0. The van der Waals surface area contributed by atoms with Crippen molar-refractivity contribution < 1.29 is 43.7 Å². The molecule has 0 unspecified atom stereocenters. The van der Waals surface area contributed by atoms with Crippen LogP contribution in [0, 0.1) is 0 Å². The van der Waals surface area contributed by atoms with Gasteiger partial charge in [0, 0.05) is 98.7 Å². The number of thiocarbonyl (C=S) groups is 1. The predicted octanol–water partition coefficient (Wildman–Crippen LogP) is 6.88. The Hall–Kier alpha value is -7.54. The summed E-state index contributed by atoms with van der Waals surface area (Å²) >= 11 is 5.70. The fraction of sp³-hybridized carbons (Fsp3) is 0.410. The number of likely N-dealkylation sites (N-methyl/N-ethyl adjacent to an activating group) is 1. The number of amides is 4. The number of likely N-dealkylation sites (tertiary alicyclic amines) is 1. The molecule has 9 rings (SSSR count). The van der Waals surface area contributed by atoms with E-state index in [4.69, 9.17) is 21.7 Å². The van der Waals surface area contributed by atoms with Gasteiger partial charge in [0.25, 0.3) is 0 Å². The van der Waals surface area contributed by atoms with E-state index in [2.05, 4.69) is 38.7 Å².